The second kappa shape index (κ2) is 7.87. The highest BCUT2D eigenvalue weighted by Crippen LogP contribution is 2.20. The summed E-state index contributed by atoms with van der Waals surface area (Å²) in [6.07, 6.45) is 0. The van der Waals surface area contributed by atoms with Crippen LogP contribution in [0, 0.1) is 20.8 Å². The van der Waals surface area contributed by atoms with Crippen LogP contribution in [-0.2, 0) is 0 Å². The van der Waals surface area contributed by atoms with E-state index in [1.54, 1.807) is 30.3 Å². The summed E-state index contributed by atoms with van der Waals surface area (Å²) in [6, 6.07) is 20.1. The Balaban J connectivity index is 1.81. The van der Waals surface area contributed by atoms with Crippen LogP contribution in [0.25, 0.3) is 0 Å². The molecule has 4 nitrogen and oxygen atoms in total. The summed E-state index contributed by atoms with van der Waals surface area (Å²) in [4.78, 5) is 25.3. The lowest BCUT2D eigenvalue weighted by molar-refractivity contribution is 0.102. The van der Waals surface area contributed by atoms with Crippen LogP contribution in [0.3, 0.4) is 0 Å². The summed E-state index contributed by atoms with van der Waals surface area (Å²) in [5.41, 5.74) is 5.44. The van der Waals surface area contributed by atoms with Crippen molar-refractivity contribution in [3.8, 4) is 0 Å². The van der Waals surface area contributed by atoms with Gasteiger partial charge in [-0.1, -0.05) is 35.9 Å². The molecule has 0 radical (unpaired) electrons. The van der Waals surface area contributed by atoms with Crippen LogP contribution in [0.2, 0.25) is 0 Å². The smallest absolute Gasteiger partial charge is 0.257 e. The van der Waals surface area contributed by atoms with E-state index in [9.17, 15) is 9.59 Å². The number of para-hydroxylation sites is 1. The van der Waals surface area contributed by atoms with Gasteiger partial charge >= 0.3 is 0 Å². The van der Waals surface area contributed by atoms with Crippen molar-refractivity contribution in [1.29, 1.82) is 0 Å². The van der Waals surface area contributed by atoms with Crippen LogP contribution in [0.4, 0.5) is 11.4 Å². The van der Waals surface area contributed by atoms with Gasteiger partial charge in [0, 0.05) is 11.3 Å². The second-order valence-electron chi connectivity index (χ2n) is 6.62. The summed E-state index contributed by atoms with van der Waals surface area (Å²) in [5, 5.41) is 5.74. The number of aryl methyl sites for hydroxylation is 3. The predicted octanol–water partition coefficient (Wildman–Crippen LogP) is 5.12. The maximum absolute atomic E-state index is 12.7. The Morgan fingerprint density at radius 2 is 1.48 bits per heavy atom. The Kier molecular flexibility index (Phi) is 5.36. The third-order valence-electron chi connectivity index (χ3n) is 4.46. The van der Waals surface area contributed by atoms with Crippen molar-refractivity contribution in [2.24, 2.45) is 0 Å². The maximum atomic E-state index is 12.7. The molecule has 0 fully saturated rings. The first-order valence-corrected chi connectivity index (χ1v) is 8.79. The molecule has 0 unspecified atom stereocenters. The molecule has 0 aliphatic carbocycles. The predicted molar refractivity (Wildman–Crippen MR) is 109 cm³/mol. The number of amides is 2. The summed E-state index contributed by atoms with van der Waals surface area (Å²) in [7, 11) is 0. The topological polar surface area (TPSA) is 58.2 Å². The van der Waals surface area contributed by atoms with Crippen LogP contribution in [0.15, 0.2) is 66.7 Å². The molecule has 3 aromatic carbocycles. The van der Waals surface area contributed by atoms with Crippen LogP contribution >= 0.6 is 0 Å². The van der Waals surface area contributed by atoms with E-state index in [0.717, 1.165) is 16.8 Å². The normalized spacial score (nSPS) is 10.3. The van der Waals surface area contributed by atoms with Crippen molar-refractivity contribution < 1.29 is 9.59 Å². The minimum atomic E-state index is -0.265. The summed E-state index contributed by atoms with van der Waals surface area (Å²) >= 11 is 0. The van der Waals surface area contributed by atoms with Gasteiger partial charge in [-0.25, -0.2) is 0 Å². The minimum absolute atomic E-state index is 0.245. The van der Waals surface area contributed by atoms with Gasteiger partial charge < -0.3 is 10.6 Å². The summed E-state index contributed by atoms with van der Waals surface area (Å²) < 4.78 is 0. The van der Waals surface area contributed by atoms with Gasteiger partial charge in [-0.05, 0) is 68.3 Å². The Hall–Kier alpha value is -3.40. The summed E-state index contributed by atoms with van der Waals surface area (Å²) in [6.45, 7) is 5.96. The van der Waals surface area contributed by atoms with E-state index >= 15 is 0 Å². The number of benzene rings is 3. The van der Waals surface area contributed by atoms with Crippen molar-refractivity contribution in [1.82, 2.24) is 0 Å². The number of anilines is 2. The molecule has 0 atom stereocenters. The van der Waals surface area contributed by atoms with Crippen molar-refractivity contribution >= 4 is 23.2 Å². The zero-order valence-electron chi connectivity index (χ0n) is 15.7. The monoisotopic (exact) mass is 358 g/mol. The maximum Gasteiger partial charge on any atom is 0.257 e. The molecule has 0 saturated carbocycles. The van der Waals surface area contributed by atoms with Crippen LogP contribution in [0.1, 0.15) is 37.4 Å². The fourth-order valence-electron chi connectivity index (χ4n) is 2.79. The number of nitrogens with one attached hydrogen (secondary N) is 2. The quantitative estimate of drug-likeness (QED) is 0.680. The molecular formula is C23H22N2O2. The average Bonchev–Trinajstić information content (AvgIpc) is 2.65. The van der Waals surface area contributed by atoms with Crippen molar-refractivity contribution in [2.75, 3.05) is 10.6 Å². The van der Waals surface area contributed by atoms with E-state index in [1.165, 1.54) is 5.56 Å². The molecule has 0 saturated heterocycles. The lowest BCUT2D eigenvalue weighted by atomic mass is 10.1. The third kappa shape index (κ3) is 4.42. The molecule has 0 aliphatic rings. The molecule has 0 spiro atoms. The molecule has 27 heavy (non-hydrogen) atoms. The van der Waals surface area contributed by atoms with Gasteiger partial charge in [-0.2, -0.15) is 0 Å². The Bertz CT molecular complexity index is 1010. The molecule has 4 heteroatoms. The fourth-order valence-corrected chi connectivity index (χ4v) is 2.79. The third-order valence-corrected chi connectivity index (χ3v) is 4.46. The van der Waals surface area contributed by atoms with E-state index in [-0.39, 0.29) is 11.8 Å². The first kappa shape index (κ1) is 18.4. The van der Waals surface area contributed by atoms with Gasteiger partial charge in [0.15, 0.2) is 0 Å². The van der Waals surface area contributed by atoms with E-state index in [1.807, 2.05) is 57.2 Å². The van der Waals surface area contributed by atoms with Crippen molar-refractivity contribution in [3.05, 3.63) is 94.5 Å². The zero-order chi connectivity index (χ0) is 19.4. The largest absolute Gasteiger partial charge is 0.322 e. The minimum Gasteiger partial charge on any atom is -0.322 e. The lowest BCUT2D eigenvalue weighted by Gasteiger charge is -2.12. The molecule has 3 aromatic rings. The van der Waals surface area contributed by atoms with Gasteiger partial charge in [-0.3, -0.25) is 9.59 Å². The second-order valence-corrected chi connectivity index (χ2v) is 6.62. The number of hydrogen-bond acceptors (Lipinski definition) is 2. The van der Waals surface area contributed by atoms with Crippen LogP contribution < -0.4 is 10.6 Å². The van der Waals surface area contributed by atoms with E-state index in [0.29, 0.717) is 16.8 Å². The molecule has 0 heterocycles. The number of hydrogen-bond donors (Lipinski definition) is 2. The molecule has 136 valence electrons. The highest BCUT2D eigenvalue weighted by Gasteiger charge is 2.14. The Morgan fingerprint density at radius 1 is 0.704 bits per heavy atom. The summed E-state index contributed by atoms with van der Waals surface area (Å²) in [5.74, 6) is -0.511. The molecule has 0 aliphatic heterocycles. The van der Waals surface area contributed by atoms with Gasteiger partial charge in [0.2, 0.25) is 0 Å². The molecule has 0 aromatic heterocycles. The number of carbonyl (C=O) groups excluding carboxylic acids is 2. The molecule has 2 N–H and O–H groups in total. The van der Waals surface area contributed by atoms with Gasteiger partial charge in [0.05, 0.1) is 11.3 Å². The van der Waals surface area contributed by atoms with Crippen molar-refractivity contribution in [3.63, 3.8) is 0 Å². The molecule has 2 amide bonds. The average molecular weight is 358 g/mol. The Morgan fingerprint density at radius 3 is 2.22 bits per heavy atom. The number of carbonyl (C=O) groups is 2. The first-order chi connectivity index (χ1) is 12.9. The lowest BCUT2D eigenvalue weighted by Crippen LogP contribution is -2.18. The van der Waals surface area contributed by atoms with Gasteiger partial charge in [0.25, 0.3) is 11.8 Å². The molecule has 0 bridgehead atoms. The standard InChI is InChI=1S/C23H22N2O2/c1-15-7-6-8-18(13-15)22(26)25-21-10-5-4-9-20(21)23(27)24-19-12-11-16(2)17(3)14-19/h4-14H,1-3H3,(H,24,27)(H,25,26). The first-order valence-electron chi connectivity index (χ1n) is 8.79. The van der Waals surface area contributed by atoms with Gasteiger partial charge in [-0.15, -0.1) is 0 Å². The van der Waals surface area contributed by atoms with Gasteiger partial charge in [0.1, 0.15) is 0 Å². The van der Waals surface area contributed by atoms with Crippen LogP contribution in [0.5, 0.6) is 0 Å². The Labute approximate surface area is 159 Å². The van der Waals surface area contributed by atoms with Crippen molar-refractivity contribution in [2.45, 2.75) is 20.8 Å². The number of rotatable bonds is 4. The molecule has 3 rings (SSSR count). The molecular weight excluding hydrogens is 336 g/mol. The van der Waals surface area contributed by atoms with Crippen LogP contribution in [-0.4, -0.2) is 11.8 Å². The highest BCUT2D eigenvalue weighted by molar-refractivity contribution is 6.12. The highest BCUT2D eigenvalue weighted by atomic mass is 16.2. The zero-order valence-corrected chi connectivity index (χ0v) is 15.7. The van der Waals surface area contributed by atoms with E-state index in [4.69, 9.17) is 0 Å². The van der Waals surface area contributed by atoms with E-state index in [2.05, 4.69) is 10.6 Å². The fraction of sp³-hybridized carbons (Fsp3) is 0.130. The van der Waals surface area contributed by atoms with E-state index < -0.39 is 0 Å². The SMILES string of the molecule is Cc1cccc(C(=O)Nc2ccccc2C(=O)Nc2ccc(C)c(C)c2)c1.